The van der Waals surface area contributed by atoms with Crippen LogP contribution in [0.3, 0.4) is 0 Å². The molecule has 2 heteroatoms. The molecule has 0 amide bonds. The van der Waals surface area contributed by atoms with E-state index in [0.717, 1.165) is 6.42 Å². The Balaban J connectivity index is 2.13. The molecule has 1 aliphatic rings. The number of fused-ring (bicyclic) bond motifs is 1. The first-order chi connectivity index (χ1) is 11.8. The van der Waals surface area contributed by atoms with E-state index in [1.807, 2.05) is 0 Å². The van der Waals surface area contributed by atoms with Gasteiger partial charge in [-0.25, -0.2) is 0 Å². The second-order valence-corrected chi connectivity index (χ2v) is 6.61. The Morgan fingerprint density at radius 3 is 2.25 bits per heavy atom. The van der Waals surface area contributed by atoms with Gasteiger partial charge in [-0.15, -0.1) is 0 Å². The fourth-order valence-corrected chi connectivity index (χ4v) is 3.74. The molecule has 0 aliphatic carbocycles. The maximum absolute atomic E-state index is 5.19. The zero-order valence-electron chi connectivity index (χ0n) is 15.1. The molecule has 0 aromatic heterocycles. The van der Waals surface area contributed by atoms with Gasteiger partial charge in [0.15, 0.2) is 0 Å². The third-order valence-corrected chi connectivity index (χ3v) is 5.07. The summed E-state index contributed by atoms with van der Waals surface area (Å²) >= 11 is 0. The number of hydrogen-bond acceptors (Lipinski definition) is 2. The summed E-state index contributed by atoms with van der Waals surface area (Å²) in [5.41, 5.74) is 4.08. The van der Waals surface area contributed by atoms with Crippen molar-refractivity contribution in [3.05, 3.63) is 71.3 Å². The van der Waals surface area contributed by atoms with Gasteiger partial charge in [0.2, 0.25) is 0 Å². The van der Waals surface area contributed by atoms with Gasteiger partial charge in [-0.05, 0) is 23.1 Å². The molecule has 2 nitrogen and oxygen atoms in total. The van der Waals surface area contributed by atoms with Gasteiger partial charge >= 0.3 is 0 Å². The van der Waals surface area contributed by atoms with Crippen LogP contribution >= 0.6 is 0 Å². The van der Waals surface area contributed by atoms with Crippen LogP contribution in [0.25, 0.3) is 0 Å². The topological polar surface area (TPSA) is 15.6 Å². The van der Waals surface area contributed by atoms with Crippen LogP contribution in [0.4, 0.5) is 0 Å². The second kappa shape index (κ2) is 7.65. The van der Waals surface area contributed by atoms with Gasteiger partial charge in [-0.2, -0.15) is 0 Å². The van der Waals surface area contributed by atoms with Crippen LogP contribution in [-0.2, 0) is 0 Å². The number of rotatable bonds is 5. The van der Waals surface area contributed by atoms with Gasteiger partial charge in [0.1, 0.15) is 11.9 Å². The van der Waals surface area contributed by atoms with Crippen molar-refractivity contribution in [2.75, 3.05) is 7.05 Å². The molecule has 0 bridgehead atoms. The Labute approximate surface area is 146 Å². The predicted molar refractivity (Wildman–Crippen MR) is 102 cm³/mol. The van der Waals surface area contributed by atoms with E-state index < -0.39 is 0 Å². The van der Waals surface area contributed by atoms with Gasteiger partial charge in [0.05, 0.1) is 6.04 Å². The summed E-state index contributed by atoms with van der Waals surface area (Å²) in [6.07, 6.45) is 4.63. The van der Waals surface area contributed by atoms with E-state index >= 15 is 0 Å². The van der Waals surface area contributed by atoms with E-state index in [2.05, 4.69) is 80.4 Å². The number of amidine groups is 1. The molecule has 0 radical (unpaired) electrons. The van der Waals surface area contributed by atoms with Crippen LogP contribution in [-0.4, -0.2) is 17.8 Å². The lowest BCUT2D eigenvalue weighted by Crippen LogP contribution is -2.30. The molecular weight excluding hydrogens is 292 g/mol. The monoisotopic (exact) mass is 320 g/mol. The minimum Gasteiger partial charge on any atom is -0.356 e. The summed E-state index contributed by atoms with van der Waals surface area (Å²) in [7, 11) is 2.22. The third kappa shape index (κ3) is 3.24. The Morgan fingerprint density at radius 1 is 0.917 bits per heavy atom. The number of hydrogen-bond donors (Lipinski definition) is 0. The molecular formula is C22H28N2. The second-order valence-electron chi connectivity index (χ2n) is 6.61. The highest BCUT2D eigenvalue weighted by Gasteiger charge is 2.29. The molecule has 24 heavy (non-hydrogen) atoms. The molecule has 2 atom stereocenters. The van der Waals surface area contributed by atoms with E-state index in [1.54, 1.807) is 0 Å². The highest BCUT2D eigenvalue weighted by Crippen LogP contribution is 2.39. The average Bonchev–Trinajstić information content (AvgIpc) is 2.75. The highest BCUT2D eigenvalue weighted by atomic mass is 15.2. The van der Waals surface area contributed by atoms with Crippen molar-refractivity contribution in [2.24, 2.45) is 4.99 Å². The van der Waals surface area contributed by atoms with E-state index in [-0.39, 0.29) is 6.04 Å². The van der Waals surface area contributed by atoms with Crippen molar-refractivity contribution >= 4 is 5.84 Å². The predicted octanol–water partition coefficient (Wildman–Crippen LogP) is 5.76. The Hall–Kier alpha value is -2.09. The molecule has 0 spiro atoms. The molecule has 0 saturated carbocycles. The van der Waals surface area contributed by atoms with Crippen molar-refractivity contribution < 1.29 is 0 Å². The summed E-state index contributed by atoms with van der Waals surface area (Å²) in [4.78, 5) is 7.60. The normalized spacial score (nSPS) is 20.3. The minimum absolute atomic E-state index is 0.103. The van der Waals surface area contributed by atoms with Crippen molar-refractivity contribution in [1.82, 2.24) is 4.90 Å². The summed E-state index contributed by atoms with van der Waals surface area (Å²) in [6.45, 7) is 4.48. The van der Waals surface area contributed by atoms with E-state index in [9.17, 15) is 0 Å². The van der Waals surface area contributed by atoms with Crippen LogP contribution < -0.4 is 0 Å². The van der Waals surface area contributed by atoms with Crippen molar-refractivity contribution in [1.29, 1.82) is 0 Å². The molecule has 3 rings (SSSR count). The fraction of sp³-hybridized carbons (Fsp3) is 0.409. The first-order valence-electron chi connectivity index (χ1n) is 9.19. The molecule has 0 saturated heterocycles. The molecule has 2 aromatic carbocycles. The molecule has 126 valence electrons. The lowest BCUT2D eigenvalue weighted by molar-refractivity contribution is 0.342. The average molecular weight is 320 g/mol. The smallest absolute Gasteiger partial charge is 0.102 e. The molecule has 1 aliphatic heterocycles. The minimum atomic E-state index is 0.103. The van der Waals surface area contributed by atoms with Crippen LogP contribution in [0.5, 0.6) is 0 Å². The lowest BCUT2D eigenvalue weighted by atomic mass is 9.90. The number of nitrogens with zero attached hydrogens (tertiary/aromatic N) is 2. The Kier molecular flexibility index (Phi) is 5.34. The first-order valence-corrected chi connectivity index (χ1v) is 9.19. The largest absolute Gasteiger partial charge is 0.356 e. The maximum Gasteiger partial charge on any atom is 0.102 e. The highest BCUT2D eigenvalue weighted by molar-refractivity contribution is 5.83. The number of unbranched alkanes of at least 4 members (excludes halogenated alkanes) is 1. The zero-order valence-corrected chi connectivity index (χ0v) is 15.1. The summed E-state index contributed by atoms with van der Waals surface area (Å²) in [5, 5.41) is 0. The van der Waals surface area contributed by atoms with Gasteiger partial charge < -0.3 is 4.90 Å². The Morgan fingerprint density at radius 2 is 1.58 bits per heavy atom. The summed E-state index contributed by atoms with van der Waals surface area (Å²) < 4.78 is 0. The standard InChI is InChI=1S/C22H28N2/c1-4-6-16-20-18-14-10-11-15-19(18)22(17-12-8-7-9-13-17)23-21(5-2)24(20)3/h7-15,20,22H,4-6,16H2,1-3H3. The Bertz CT molecular complexity index is 690. The van der Waals surface area contributed by atoms with Gasteiger partial charge in [0, 0.05) is 13.5 Å². The van der Waals surface area contributed by atoms with Gasteiger partial charge in [-0.3, -0.25) is 4.99 Å². The van der Waals surface area contributed by atoms with Crippen LogP contribution in [0.1, 0.15) is 68.3 Å². The van der Waals surface area contributed by atoms with Crippen LogP contribution in [0, 0.1) is 0 Å². The number of aliphatic imine (C=N–C) groups is 1. The van der Waals surface area contributed by atoms with E-state index in [0.29, 0.717) is 6.04 Å². The molecule has 0 fully saturated rings. The SMILES string of the molecule is CCCCC1c2ccccc2C(c2ccccc2)N=C(CC)N1C. The molecule has 2 aromatic rings. The van der Waals surface area contributed by atoms with Crippen molar-refractivity contribution in [2.45, 2.75) is 51.6 Å². The fourth-order valence-electron chi connectivity index (χ4n) is 3.74. The number of benzene rings is 2. The van der Waals surface area contributed by atoms with Crippen molar-refractivity contribution in [3.63, 3.8) is 0 Å². The first kappa shape index (κ1) is 16.8. The van der Waals surface area contributed by atoms with Gasteiger partial charge in [-0.1, -0.05) is 81.3 Å². The lowest BCUT2D eigenvalue weighted by Gasteiger charge is -2.30. The van der Waals surface area contributed by atoms with Gasteiger partial charge in [0.25, 0.3) is 0 Å². The van der Waals surface area contributed by atoms with Crippen molar-refractivity contribution in [3.8, 4) is 0 Å². The quantitative estimate of drug-likeness (QED) is 0.683. The summed E-state index contributed by atoms with van der Waals surface area (Å²) in [6, 6.07) is 20.1. The van der Waals surface area contributed by atoms with E-state index in [4.69, 9.17) is 4.99 Å². The molecule has 0 N–H and O–H groups in total. The van der Waals surface area contributed by atoms with Crippen LogP contribution in [0.15, 0.2) is 59.6 Å². The third-order valence-electron chi connectivity index (χ3n) is 5.07. The zero-order chi connectivity index (χ0) is 16.9. The van der Waals surface area contributed by atoms with Crippen LogP contribution in [0.2, 0.25) is 0 Å². The molecule has 2 unspecified atom stereocenters. The maximum atomic E-state index is 5.19. The molecule has 1 heterocycles. The summed E-state index contributed by atoms with van der Waals surface area (Å²) in [5.74, 6) is 1.21. The van der Waals surface area contributed by atoms with E-state index in [1.165, 1.54) is 41.8 Å².